The Kier molecular flexibility index (Phi) is 3.13. The molecule has 0 heterocycles. The van der Waals surface area contributed by atoms with Gasteiger partial charge in [0, 0.05) is 11.8 Å². The Morgan fingerprint density at radius 1 is 1.19 bits per heavy atom. The number of rotatable bonds is 3. The molecule has 1 aliphatic rings. The van der Waals surface area contributed by atoms with E-state index in [9.17, 15) is 4.79 Å². The highest BCUT2D eigenvalue weighted by molar-refractivity contribution is 5.77. The SMILES string of the molecule is CC(=O)CC1(c2ccc(C)cc2)CCCC1. The van der Waals surface area contributed by atoms with Crippen molar-refractivity contribution in [3.8, 4) is 0 Å². The lowest BCUT2D eigenvalue weighted by Gasteiger charge is -2.28. The summed E-state index contributed by atoms with van der Waals surface area (Å²) in [7, 11) is 0. The van der Waals surface area contributed by atoms with Gasteiger partial charge < -0.3 is 0 Å². The van der Waals surface area contributed by atoms with Crippen LogP contribution in [0.25, 0.3) is 0 Å². The number of carbonyl (C=O) groups excluding carboxylic acids is 1. The summed E-state index contributed by atoms with van der Waals surface area (Å²) in [4.78, 5) is 11.4. The Hall–Kier alpha value is -1.11. The summed E-state index contributed by atoms with van der Waals surface area (Å²) in [6.07, 6.45) is 5.60. The highest BCUT2D eigenvalue weighted by Crippen LogP contribution is 2.43. The van der Waals surface area contributed by atoms with Gasteiger partial charge in [0.05, 0.1) is 0 Å². The van der Waals surface area contributed by atoms with E-state index in [-0.39, 0.29) is 5.41 Å². The third-order valence-corrected chi connectivity index (χ3v) is 3.81. The van der Waals surface area contributed by atoms with E-state index in [2.05, 4.69) is 31.2 Å². The first-order valence-corrected chi connectivity index (χ1v) is 6.19. The smallest absolute Gasteiger partial charge is 0.130 e. The van der Waals surface area contributed by atoms with Gasteiger partial charge in [0.25, 0.3) is 0 Å². The summed E-state index contributed by atoms with van der Waals surface area (Å²) in [5.74, 6) is 0.322. The molecule has 0 bridgehead atoms. The third-order valence-electron chi connectivity index (χ3n) is 3.81. The normalized spacial score (nSPS) is 18.6. The molecule has 0 N–H and O–H groups in total. The molecule has 1 aliphatic carbocycles. The summed E-state index contributed by atoms with van der Waals surface area (Å²) < 4.78 is 0. The van der Waals surface area contributed by atoms with Crippen LogP contribution in [0.4, 0.5) is 0 Å². The Bertz CT molecular complexity index is 369. The number of hydrogen-bond acceptors (Lipinski definition) is 1. The van der Waals surface area contributed by atoms with E-state index < -0.39 is 0 Å². The van der Waals surface area contributed by atoms with E-state index in [4.69, 9.17) is 0 Å². The van der Waals surface area contributed by atoms with Gasteiger partial charge >= 0.3 is 0 Å². The van der Waals surface area contributed by atoms with Gasteiger partial charge in [0.15, 0.2) is 0 Å². The van der Waals surface area contributed by atoms with Crippen LogP contribution < -0.4 is 0 Å². The van der Waals surface area contributed by atoms with Crippen molar-refractivity contribution in [3.63, 3.8) is 0 Å². The first-order valence-electron chi connectivity index (χ1n) is 6.19. The van der Waals surface area contributed by atoms with E-state index in [0.717, 1.165) is 6.42 Å². The lowest BCUT2D eigenvalue weighted by Crippen LogP contribution is -2.24. The van der Waals surface area contributed by atoms with Crippen molar-refractivity contribution in [2.75, 3.05) is 0 Å². The lowest BCUT2D eigenvalue weighted by atomic mass is 9.75. The predicted molar refractivity (Wildman–Crippen MR) is 66.6 cm³/mol. The molecule has 1 heteroatoms. The second-order valence-electron chi connectivity index (χ2n) is 5.23. The maximum atomic E-state index is 11.4. The first-order chi connectivity index (χ1) is 7.62. The lowest BCUT2D eigenvalue weighted by molar-refractivity contribution is -0.118. The molecule has 2 rings (SSSR count). The molecule has 1 saturated carbocycles. The Morgan fingerprint density at radius 2 is 1.75 bits per heavy atom. The number of aryl methyl sites for hydroxylation is 1. The van der Waals surface area contributed by atoms with Crippen LogP contribution in [0.1, 0.15) is 50.2 Å². The molecule has 0 saturated heterocycles. The molecule has 1 fully saturated rings. The largest absolute Gasteiger partial charge is 0.300 e. The molecular formula is C15H20O. The summed E-state index contributed by atoms with van der Waals surface area (Å²) >= 11 is 0. The summed E-state index contributed by atoms with van der Waals surface area (Å²) in [5.41, 5.74) is 2.81. The van der Waals surface area contributed by atoms with Crippen LogP contribution in [0.2, 0.25) is 0 Å². The molecule has 0 aromatic heterocycles. The molecule has 1 nitrogen and oxygen atoms in total. The molecule has 86 valence electrons. The van der Waals surface area contributed by atoms with E-state index in [1.807, 2.05) is 0 Å². The number of ketones is 1. The number of Topliss-reactive ketones (excluding diaryl/α,β-unsaturated/α-hetero) is 1. The van der Waals surface area contributed by atoms with Gasteiger partial charge in [-0.05, 0) is 32.3 Å². The van der Waals surface area contributed by atoms with Crippen molar-refractivity contribution in [2.45, 2.75) is 51.4 Å². The minimum Gasteiger partial charge on any atom is -0.300 e. The average molecular weight is 216 g/mol. The zero-order chi connectivity index (χ0) is 11.6. The monoisotopic (exact) mass is 216 g/mol. The molecule has 1 aromatic rings. The second-order valence-corrected chi connectivity index (χ2v) is 5.23. The maximum Gasteiger partial charge on any atom is 0.130 e. The Morgan fingerprint density at radius 3 is 2.25 bits per heavy atom. The maximum absolute atomic E-state index is 11.4. The van der Waals surface area contributed by atoms with Crippen LogP contribution >= 0.6 is 0 Å². The zero-order valence-corrected chi connectivity index (χ0v) is 10.3. The minimum absolute atomic E-state index is 0.152. The first kappa shape index (κ1) is 11.4. The van der Waals surface area contributed by atoms with E-state index in [1.165, 1.54) is 36.8 Å². The molecule has 0 atom stereocenters. The highest BCUT2D eigenvalue weighted by atomic mass is 16.1. The number of carbonyl (C=O) groups is 1. The van der Waals surface area contributed by atoms with Crippen molar-refractivity contribution < 1.29 is 4.79 Å². The molecule has 0 spiro atoms. The van der Waals surface area contributed by atoms with Crippen LogP contribution in [0.15, 0.2) is 24.3 Å². The predicted octanol–water partition coefficient (Wildman–Crippen LogP) is 3.79. The van der Waals surface area contributed by atoms with Crippen molar-refractivity contribution >= 4 is 5.78 Å². The van der Waals surface area contributed by atoms with Crippen LogP contribution in [0.5, 0.6) is 0 Å². The number of hydrogen-bond donors (Lipinski definition) is 0. The summed E-state index contributed by atoms with van der Waals surface area (Å²) in [5, 5.41) is 0. The highest BCUT2D eigenvalue weighted by Gasteiger charge is 2.36. The fourth-order valence-electron chi connectivity index (χ4n) is 3.00. The van der Waals surface area contributed by atoms with Crippen LogP contribution in [-0.4, -0.2) is 5.78 Å². The molecule has 0 aliphatic heterocycles. The van der Waals surface area contributed by atoms with Crippen LogP contribution in [-0.2, 0) is 10.2 Å². The zero-order valence-electron chi connectivity index (χ0n) is 10.3. The fourth-order valence-corrected chi connectivity index (χ4v) is 3.00. The molecule has 0 radical (unpaired) electrons. The minimum atomic E-state index is 0.152. The van der Waals surface area contributed by atoms with Gasteiger partial charge in [-0.1, -0.05) is 42.7 Å². The van der Waals surface area contributed by atoms with E-state index in [0.29, 0.717) is 5.78 Å². The van der Waals surface area contributed by atoms with Gasteiger partial charge in [-0.15, -0.1) is 0 Å². The third kappa shape index (κ3) is 2.18. The molecular weight excluding hydrogens is 196 g/mol. The van der Waals surface area contributed by atoms with Crippen molar-refractivity contribution in [1.29, 1.82) is 0 Å². The standard InChI is InChI=1S/C15H20O/c1-12-5-7-14(8-6-12)15(11-13(2)16)9-3-4-10-15/h5-8H,3-4,9-11H2,1-2H3. The fraction of sp³-hybridized carbons (Fsp3) is 0.533. The van der Waals surface area contributed by atoms with Crippen molar-refractivity contribution in [2.24, 2.45) is 0 Å². The van der Waals surface area contributed by atoms with Gasteiger partial charge in [0.1, 0.15) is 5.78 Å². The average Bonchev–Trinajstić information content (AvgIpc) is 2.67. The Balaban J connectivity index is 2.31. The Labute approximate surface area is 97.9 Å². The molecule has 16 heavy (non-hydrogen) atoms. The topological polar surface area (TPSA) is 17.1 Å². The van der Waals surface area contributed by atoms with E-state index in [1.54, 1.807) is 6.92 Å². The van der Waals surface area contributed by atoms with Gasteiger partial charge in [0.2, 0.25) is 0 Å². The van der Waals surface area contributed by atoms with Crippen LogP contribution in [0.3, 0.4) is 0 Å². The summed E-state index contributed by atoms with van der Waals surface area (Å²) in [6, 6.07) is 8.75. The second kappa shape index (κ2) is 4.40. The quantitative estimate of drug-likeness (QED) is 0.751. The van der Waals surface area contributed by atoms with Crippen molar-refractivity contribution in [3.05, 3.63) is 35.4 Å². The van der Waals surface area contributed by atoms with Gasteiger partial charge in [-0.2, -0.15) is 0 Å². The molecule has 0 amide bonds. The van der Waals surface area contributed by atoms with Gasteiger partial charge in [-0.3, -0.25) is 4.79 Å². The van der Waals surface area contributed by atoms with Crippen LogP contribution in [0, 0.1) is 6.92 Å². The summed E-state index contributed by atoms with van der Waals surface area (Å²) in [6.45, 7) is 3.82. The number of benzene rings is 1. The van der Waals surface area contributed by atoms with E-state index >= 15 is 0 Å². The molecule has 0 unspecified atom stereocenters. The van der Waals surface area contributed by atoms with Gasteiger partial charge in [-0.25, -0.2) is 0 Å². The molecule has 1 aromatic carbocycles. The van der Waals surface area contributed by atoms with Crippen molar-refractivity contribution in [1.82, 2.24) is 0 Å².